The first kappa shape index (κ1) is 17.7. The average molecular weight is 302 g/mol. The summed E-state index contributed by atoms with van der Waals surface area (Å²) >= 11 is 0. The number of likely N-dealkylation sites (N-methyl/N-ethyl adjacent to an activating group) is 1. The highest BCUT2D eigenvalue weighted by Crippen LogP contribution is 2.06. The van der Waals surface area contributed by atoms with Gasteiger partial charge in [0.05, 0.1) is 0 Å². The van der Waals surface area contributed by atoms with E-state index in [2.05, 4.69) is 4.72 Å². The molecule has 0 heterocycles. The van der Waals surface area contributed by atoms with Crippen LogP contribution in [0.2, 0.25) is 0 Å². The molecule has 0 aromatic rings. The van der Waals surface area contributed by atoms with Crippen LogP contribution in [0.25, 0.3) is 0 Å². The van der Waals surface area contributed by atoms with Crippen molar-refractivity contribution in [1.82, 2.24) is 17.6 Å². The van der Waals surface area contributed by atoms with Crippen molar-refractivity contribution in [1.29, 1.82) is 0 Å². The van der Waals surface area contributed by atoms with E-state index in [4.69, 9.17) is 0 Å². The second-order valence-electron chi connectivity index (χ2n) is 4.29. The minimum absolute atomic E-state index is 0.00405. The van der Waals surface area contributed by atoms with Crippen molar-refractivity contribution in [3.63, 3.8) is 0 Å². The van der Waals surface area contributed by atoms with Crippen LogP contribution in [0.1, 0.15) is 6.92 Å². The van der Waals surface area contributed by atoms with Crippen LogP contribution in [-0.2, 0) is 20.4 Å². The van der Waals surface area contributed by atoms with Gasteiger partial charge in [-0.2, -0.15) is 29.8 Å². The predicted octanol–water partition coefficient (Wildman–Crippen LogP) is -1.49. The van der Waals surface area contributed by atoms with E-state index in [0.29, 0.717) is 0 Å². The van der Waals surface area contributed by atoms with Gasteiger partial charge in [-0.25, -0.2) is 4.72 Å². The van der Waals surface area contributed by atoms with Gasteiger partial charge in [0.25, 0.3) is 20.4 Å². The van der Waals surface area contributed by atoms with E-state index in [1.54, 1.807) is 6.92 Å². The first-order valence-electron chi connectivity index (χ1n) is 5.25. The fraction of sp³-hybridized carbons (Fsp3) is 1.00. The van der Waals surface area contributed by atoms with Gasteiger partial charge in [-0.1, -0.05) is 0 Å². The van der Waals surface area contributed by atoms with E-state index in [1.165, 1.54) is 35.2 Å². The lowest BCUT2D eigenvalue weighted by Crippen LogP contribution is -2.48. The van der Waals surface area contributed by atoms with Crippen LogP contribution in [0.3, 0.4) is 0 Å². The second kappa shape index (κ2) is 6.26. The molecule has 0 aliphatic heterocycles. The van der Waals surface area contributed by atoms with Gasteiger partial charge in [0, 0.05) is 47.8 Å². The highest BCUT2D eigenvalue weighted by Gasteiger charge is 2.26. The van der Waals surface area contributed by atoms with E-state index < -0.39 is 26.5 Å². The monoisotopic (exact) mass is 302 g/mol. The molecule has 0 amide bonds. The largest absolute Gasteiger partial charge is 0.281 e. The number of nitrogens with zero attached hydrogens (tertiary/aromatic N) is 3. The van der Waals surface area contributed by atoms with Crippen molar-refractivity contribution >= 4 is 20.4 Å². The molecule has 0 saturated heterocycles. The average Bonchev–Trinajstić information content (AvgIpc) is 2.24. The van der Waals surface area contributed by atoms with Crippen LogP contribution in [0.5, 0.6) is 0 Å². The van der Waals surface area contributed by atoms with Gasteiger partial charge in [0.15, 0.2) is 0 Å². The standard InChI is InChI=1S/C8H22N4O4S2/c1-8(7-9-17(13,14)10(2)3)12(6)18(15,16)11(4)5/h8-9H,7H2,1-6H3/t8-/m1/s1. The molecule has 110 valence electrons. The molecule has 0 fully saturated rings. The summed E-state index contributed by atoms with van der Waals surface area (Å²) in [5.74, 6) is 0. The maximum absolute atomic E-state index is 11.8. The third-order valence-corrected chi connectivity index (χ3v) is 5.99. The lowest BCUT2D eigenvalue weighted by atomic mass is 10.4. The molecule has 0 aromatic heterocycles. The van der Waals surface area contributed by atoms with Crippen molar-refractivity contribution in [3.8, 4) is 0 Å². The maximum atomic E-state index is 11.8. The number of hydrogen-bond donors (Lipinski definition) is 1. The Kier molecular flexibility index (Phi) is 6.17. The Morgan fingerprint density at radius 1 is 0.944 bits per heavy atom. The summed E-state index contributed by atoms with van der Waals surface area (Å²) in [4.78, 5) is 0. The SMILES string of the molecule is C[C@H](CNS(=O)(=O)N(C)C)N(C)S(=O)(=O)N(C)C. The molecule has 18 heavy (non-hydrogen) atoms. The van der Waals surface area contributed by atoms with E-state index >= 15 is 0 Å². The van der Waals surface area contributed by atoms with Gasteiger partial charge in [-0.05, 0) is 6.92 Å². The van der Waals surface area contributed by atoms with Gasteiger partial charge in [-0.15, -0.1) is 0 Å². The molecule has 0 bridgehead atoms. The molecular weight excluding hydrogens is 280 g/mol. The summed E-state index contributed by atoms with van der Waals surface area (Å²) in [5.41, 5.74) is 0. The molecule has 0 unspecified atom stereocenters. The summed E-state index contributed by atoms with van der Waals surface area (Å²) in [6.45, 7) is 1.63. The van der Waals surface area contributed by atoms with Crippen molar-refractivity contribution < 1.29 is 16.8 Å². The van der Waals surface area contributed by atoms with Crippen LogP contribution >= 0.6 is 0 Å². The third-order valence-electron chi connectivity index (χ3n) is 2.49. The molecular formula is C8H22N4O4S2. The van der Waals surface area contributed by atoms with Crippen LogP contribution in [-0.4, -0.2) is 77.6 Å². The molecule has 1 N–H and O–H groups in total. The van der Waals surface area contributed by atoms with Gasteiger partial charge >= 0.3 is 0 Å². The first-order valence-corrected chi connectivity index (χ1v) is 8.09. The molecule has 0 spiro atoms. The predicted molar refractivity (Wildman–Crippen MR) is 70.4 cm³/mol. The Labute approximate surface area is 110 Å². The fourth-order valence-corrected chi connectivity index (χ4v) is 2.72. The van der Waals surface area contributed by atoms with Crippen LogP contribution in [0, 0.1) is 0 Å². The zero-order chi connectivity index (χ0) is 14.7. The molecule has 0 saturated carbocycles. The van der Waals surface area contributed by atoms with E-state index in [9.17, 15) is 16.8 Å². The summed E-state index contributed by atoms with van der Waals surface area (Å²) in [7, 11) is -0.0528. The van der Waals surface area contributed by atoms with E-state index in [-0.39, 0.29) is 6.54 Å². The van der Waals surface area contributed by atoms with Gasteiger partial charge in [-0.3, -0.25) is 0 Å². The van der Waals surface area contributed by atoms with Gasteiger partial charge in [0.2, 0.25) is 0 Å². The van der Waals surface area contributed by atoms with Crippen molar-refractivity contribution in [2.45, 2.75) is 13.0 Å². The maximum Gasteiger partial charge on any atom is 0.281 e. The molecule has 0 aliphatic rings. The van der Waals surface area contributed by atoms with Gasteiger partial charge in [0.1, 0.15) is 0 Å². The fourth-order valence-electron chi connectivity index (χ4n) is 0.969. The van der Waals surface area contributed by atoms with Crippen LogP contribution in [0.4, 0.5) is 0 Å². The topological polar surface area (TPSA) is 90.0 Å². The minimum atomic E-state index is -3.55. The van der Waals surface area contributed by atoms with Gasteiger partial charge < -0.3 is 0 Å². The summed E-state index contributed by atoms with van der Waals surface area (Å²) in [5, 5.41) is 0. The molecule has 0 aliphatic carbocycles. The van der Waals surface area contributed by atoms with E-state index in [1.807, 2.05) is 0 Å². The highest BCUT2D eigenvalue weighted by molar-refractivity contribution is 7.87. The normalized spacial score (nSPS) is 15.6. The zero-order valence-corrected chi connectivity index (χ0v) is 13.2. The molecule has 1 atom stereocenters. The number of rotatable bonds is 7. The first-order chi connectivity index (χ1) is 7.93. The lowest BCUT2D eigenvalue weighted by molar-refractivity contribution is 0.354. The molecule has 10 heteroatoms. The van der Waals surface area contributed by atoms with Crippen LogP contribution < -0.4 is 4.72 Å². The number of hydrogen-bond acceptors (Lipinski definition) is 4. The smallest absolute Gasteiger partial charge is 0.201 e. The summed E-state index contributed by atoms with van der Waals surface area (Å²) in [6.07, 6.45) is 0. The summed E-state index contributed by atoms with van der Waals surface area (Å²) in [6, 6.07) is -0.493. The van der Waals surface area contributed by atoms with Crippen molar-refractivity contribution in [3.05, 3.63) is 0 Å². The lowest BCUT2D eigenvalue weighted by Gasteiger charge is -2.27. The van der Waals surface area contributed by atoms with Crippen molar-refractivity contribution in [2.24, 2.45) is 0 Å². The quantitative estimate of drug-likeness (QED) is 0.620. The Morgan fingerprint density at radius 2 is 1.39 bits per heavy atom. The molecule has 0 aromatic carbocycles. The van der Waals surface area contributed by atoms with Crippen molar-refractivity contribution in [2.75, 3.05) is 41.8 Å². The third kappa shape index (κ3) is 4.44. The number of nitrogens with one attached hydrogen (secondary N) is 1. The highest BCUT2D eigenvalue weighted by atomic mass is 32.2. The molecule has 0 rings (SSSR count). The Bertz CT molecular complexity index is 457. The molecule has 8 nitrogen and oxygen atoms in total. The zero-order valence-electron chi connectivity index (χ0n) is 11.6. The van der Waals surface area contributed by atoms with Crippen LogP contribution in [0.15, 0.2) is 0 Å². The minimum Gasteiger partial charge on any atom is -0.201 e. The van der Waals surface area contributed by atoms with E-state index in [0.717, 1.165) is 12.9 Å². The Morgan fingerprint density at radius 3 is 1.72 bits per heavy atom. The Balaban J connectivity index is 4.68. The Hall–Kier alpha value is -0.260. The summed E-state index contributed by atoms with van der Waals surface area (Å²) < 4.78 is 52.1. The second-order valence-corrected chi connectivity index (χ2v) is 8.46. The molecule has 0 radical (unpaired) electrons.